The number of alkyl halides is 8. The number of primary amides is 1. The first-order valence-electron chi connectivity index (χ1n) is 8.96. The Hall–Kier alpha value is -2.06. The van der Waals surface area contributed by atoms with Gasteiger partial charge in [0.1, 0.15) is 12.4 Å². The Balaban J connectivity index is 2.12. The Kier molecular flexibility index (Phi) is 7.42. The number of hydrogen-bond acceptors (Lipinski definition) is 5. The highest BCUT2D eigenvalue weighted by molar-refractivity contribution is 9.10. The van der Waals surface area contributed by atoms with Crippen molar-refractivity contribution in [3.63, 3.8) is 0 Å². The number of benzene rings is 2. The van der Waals surface area contributed by atoms with E-state index in [9.17, 15) is 39.9 Å². The van der Waals surface area contributed by atoms with Gasteiger partial charge in [0.25, 0.3) is 0 Å². The van der Waals surface area contributed by atoms with Crippen LogP contribution in [0.2, 0.25) is 0 Å². The van der Waals surface area contributed by atoms with Crippen LogP contribution in [0.5, 0.6) is 5.75 Å². The summed E-state index contributed by atoms with van der Waals surface area (Å²) in [7, 11) is -3.78. The van der Waals surface area contributed by atoms with Gasteiger partial charge in [-0.05, 0) is 40.2 Å². The Labute approximate surface area is 204 Å². The molecule has 0 unspecified atom stereocenters. The van der Waals surface area contributed by atoms with Crippen molar-refractivity contribution in [3.8, 4) is 5.75 Å². The fourth-order valence-electron chi connectivity index (χ4n) is 2.97. The molecular formula is C19H11BrF8NO4PS. The minimum absolute atomic E-state index is 0.0840. The first kappa shape index (κ1) is 27.5. The molecule has 190 valence electrons. The zero-order chi connectivity index (χ0) is 26.5. The average Bonchev–Trinajstić information content (AvgIpc) is 3.07. The van der Waals surface area contributed by atoms with Crippen LogP contribution in [0.15, 0.2) is 34.8 Å². The van der Waals surface area contributed by atoms with Gasteiger partial charge in [0.05, 0.1) is 20.7 Å². The summed E-state index contributed by atoms with van der Waals surface area (Å²) in [6, 6.07) is 2.96. The van der Waals surface area contributed by atoms with Crippen LogP contribution in [0.1, 0.15) is 31.9 Å². The third-order valence-corrected chi connectivity index (χ3v) is 7.88. The van der Waals surface area contributed by atoms with Gasteiger partial charge >= 0.3 is 18.0 Å². The largest absolute Gasteiger partial charge is 0.487 e. The van der Waals surface area contributed by atoms with Gasteiger partial charge in [-0.25, -0.2) is 0 Å². The molecule has 0 bridgehead atoms. The molecule has 1 amide bonds. The number of rotatable bonds is 6. The maximum absolute atomic E-state index is 14.3. The molecule has 0 aliphatic rings. The van der Waals surface area contributed by atoms with E-state index in [1.807, 2.05) is 0 Å². The highest BCUT2D eigenvalue weighted by Crippen LogP contribution is 2.58. The van der Waals surface area contributed by atoms with E-state index >= 15 is 0 Å². The van der Waals surface area contributed by atoms with E-state index in [2.05, 4.69) is 15.9 Å². The number of ether oxygens (including phenoxy) is 1. The highest BCUT2D eigenvalue weighted by Gasteiger charge is 2.45. The van der Waals surface area contributed by atoms with Crippen LogP contribution >= 0.6 is 35.6 Å². The third kappa shape index (κ3) is 5.53. The Bertz CT molecular complexity index is 1290. The molecule has 5 nitrogen and oxygen atoms in total. The van der Waals surface area contributed by atoms with Crippen LogP contribution in [-0.4, -0.2) is 15.7 Å². The lowest BCUT2D eigenvalue weighted by Crippen LogP contribution is -2.15. The van der Waals surface area contributed by atoms with Crippen molar-refractivity contribution < 1.29 is 54.4 Å². The molecule has 4 N–H and O–H groups in total. The fraction of sp³-hybridized carbons (Fsp3) is 0.211. The Morgan fingerprint density at radius 2 is 1.66 bits per heavy atom. The molecule has 0 aliphatic carbocycles. The predicted octanol–water partition coefficient (Wildman–Crippen LogP) is 6.73. The quantitative estimate of drug-likeness (QED) is 0.213. The van der Waals surface area contributed by atoms with E-state index in [4.69, 9.17) is 20.3 Å². The normalized spacial score (nSPS) is 13.0. The molecule has 0 radical (unpaired) electrons. The van der Waals surface area contributed by atoms with Gasteiger partial charge in [0.15, 0.2) is 0 Å². The van der Waals surface area contributed by atoms with Gasteiger partial charge in [0.2, 0.25) is 14.3 Å². The molecule has 3 aromatic rings. The Morgan fingerprint density at radius 3 is 2.17 bits per heavy atom. The van der Waals surface area contributed by atoms with Crippen molar-refractivity contribution in [2.75, 3.05) is 0 Å². The van der Waals surface area contributed by atoms with Gasteiger partial charge in [-0.1, -0.05) is 6.07 Å². The number of carbonyl (C=O) groups excluding carboxylic acids is 1. The molecule has 2 aromatic carbocycles. The number of amides is 1. The van der Waals surface area contributed by atoms with Gasteiger partial charge in [-0.15, -0.1) is 11.3 Å². The van der Waals surface area contributed by atoms with E-state index in [1.165, 1.54) is 0 Å². The first-order chi connectivity index (χ1) is 15.9. The molecule has 3 rings (SSSR count). The molecule has 16 heteroatoms. The second-order valence-electron chi connectivity index (χ2n) is 6.95. The Morgan fingerprint density at radius 1 is 1.03 bits per heavy atom. The van der Waals surface area contributed by atoms with Crippen LogP contribution in [0.4, 0.5) is 35.1 Å². The van der Waals surface area contributed by atoms with Crippen LogP contribution in [-0.2, 0) is 24.6 Å². The second-order valence-corrected chi connectivity index (χ2v) is 9.90. The van der Waals surface area contributed by atoms with Crippen molar-refractivity contribution in [3.05, 3.63) is 61.9 Å². The molecule has 0 aliphatic heterocycles. The summed E-state index contributed by atoms with van der Waals surface area (Å²) >= 11 is 3.20. The lowest BCUT2D eigenvalue weighted by Gasteiger charge is -2.17. The summed E-state index contributed by atoms with van der Waals surface area (Å²) in [6.45, 7) is -0.946. The molecule has 1 heterocycles. The van der Waals surface area contributed by atoms with Gasteiger partial charge in [-0.3, -0.25) is 4.79 Å². The van der Waals surface area contributed by atoms with Crippen molar-refractivity contribution in [1.29, 1.82) is 0 Å². The molecule has 0 fully saturated rings. The maximum atomic E-state index is 14.3. The van der Waals surface area contributed by atoms with E-state index in [0.717, 1.165) is 12.1 Å². The monoisotopic (exact) mass is 611 g/mol. The number of thiophene rings is 1. The maximum Gasteiger partial charge on any atom is 0.416 e. The van der Waals surface area contributed by atoms with Gasteiger partial charge in [0, 0.05) is 21.0 Å². The summed E-state index contributed by atoms with van der Waals surface area (Å²) in [6.07, 6.45) is -10.2. The number of carbonyl (C=O) groups is 1. The fourth-order valence-corrected chi connectivity index (χ4v) is 5.75. The number of hydrogen-bond donors (Lipinski definition) is 3. The number of fused-ring (bicyclic) bond motifs is 1. The molecule has 0 saturated carbocycles. The topological polar surface area (TPSA) is 92.8 Å². The lowest BCUT2D eigenvalue weighted by atomic mass is 10.0. The van der Waals surface area contributed by atoms with Crippen LogP contribution in [0.25, 0.3) is 10.1 Å². The van der Waals surface area contributed by atoms with E-state index in [0.29, 0.717) is 23.5 Å². The minimum atomic E-state index is -5.18. The number of halogens is 9. The van der Waals surface area contributed by atoms with Crippen molar-refractivity contribution >= 4 is 51.6 Å². The summed E-state index contributed by atoms with van der Waals surface area (Å²) in [5, 5.41) is -0.0868. The molecule has 35 heavy (non-hydrogen) atoms. The lowest BCUT2D eigenvalue weighted by molar-refractivity contribution is -0.143. The van der Waals surface area contributed by atoms with Crippen molar-refractivity contribution in [1.82, 2.24) is 0 Å². The minimum Gasteiger partial charge on any atom is -0.487 e. The molecule has 0 saturated heterocycles. The molecule has 0 spiro atoms. The SMILES string of the molecule is NC(=O)c1cc(OCc2ccc(C(F)(F)F)cc2C(F)(F)F)c2sc(C(F)(F)P(O)O)c(Br)c2c1. The highest BCUT2D eigenvalue weighted by atomic mass is 79.9. The summed E-state index contributed by atoms with van der Waals surface area (Å²) in [4.78, 5) is 29.0. The van der Waals surface area contributed by atoms with E-state index in [1.54, 1.807) is 0 Å². The summed E-state index contributed by atoms with van der Waals surface area (Å²) < 4.78 is 112. The number of nitrogens with two attached hydrogens (primary N) is 1. The van der Waals surface area contributed by atoms with Gasteiger partial charge < -0.3 is 20.3 Å². The van der Waals surface area contributed by atoms with Crippen LogP contribution < -0.4 is 10.5 Å². The molecule has 0 atom stereocenters. The van der Waals surface area contributed by atoms with Crippen LogP contribution in [0, 0.1) is 0 Å². The van der Waals surface area contributed by atoms with Crippen molar-refractivity contribution in [2.24, 2.45) is 5.73 Å². The van der Waals surface area contributed by atoms with Gasteiger partial charge in [-0.2, -0.15) is 35.1 Å². The third-order valence-electron chi connectivity index (χ3n) is 4.63. The molecular weight excluding hydrogens is 601 g/mol. The average molecular weight is 612 g/mol. The zero-order valence-corrected chi connectivity index (χ0v) is 19.9. The predicted molar refractivity (Wildman–Crippen MR) is 114 cm³/mol. The van der Waals surface area contributed by atoms with E-state index < -0.39 is 60.5 Å². The zero-order valence-electron chi connectivity index (χ0n) is 16.6. The first-order valence-corrected chi connectivity index (χ1v) is 11.8. The summed E-state index contributed by atoms with van der Waals surface area (Å²) in [5.41, 5.74) is -3.02. The molecule has 1 aromatic heterocycles. The second kappa shape index (κ2) is 9.43. The van der Waals surface area contributed by atoms with Crippen LogP contribution in [0.3, 0.4) is 0 Å². The standard InChI is InChI=1S/C19H11BrF8NO4PS/c20-13-10-3-8(16(29)30)4-12(14(10)35-15(13)19(27,28)34(31)32)33-6-7-1-2-9(17(21,22)23)5-11(7)18(24,25)26/h1-5,31-32H,6H2,(H2,29,30). The summed E-state index contributed by atoms with van der Waals surface area (Å²) in [5.74, 6) is -1.42. The van der Waals surface area contributed by atoms with Crippen molar-refractivity contribution in [2.45, 2.75) is 24.6 Å². The smallest absolute Gasteiger partial charge is 0.416 e. The van der Waals surface area contributed by atoms with E-state index in [-0.39, 0.29) is 31.9 Å².